The number of carboxylic acid groups (broad SMARTS) is 1. The number of hydrazone groups is 1. The number of methoxy groups -OCH3 is 2. The van der Waals surface area contributed by atoms with Gasteiger partial charge in [-0.25, -0.2) is 4.79 Å². The standard InChI is InChI=1S/C17H18N2O4/c1-11(15-8-7-14(22-2)10-16(15)23-3)18-19-13-6-4-5-12(9-13)17(20)21/h4-10,19H,1-3H3,(H,20,21)/b18-11-. The minimum Gasteiger partial charge on any atom is -0.497 e. The fourth-order valence-corrected chi connectivity index (χ4v) is 2.03. The topological polar surface area (TPSA) is 80.2 Å². The highest BCUT2D eigenvalue weighted by molar-refractivity contribution is 6.01. The largest absolute Gasteiger partial charge is 0.497 e. The molecule has 0 aliphatic heterocycles. The van der Waals surface area contributed by atoms with E-state index in [0.717, 1.165) is 5.56 Å². The number of hydrogen-bond donors (Lipinski definition) is 2. The van der Waals surface area contributed by atoms with Crippen LogP contribution in [0.1, 0.15) is 22.8 Å². The molecule has 6 heteroatoms. The average molecular weight is 314 g/mol. The summed E-state index contributed by atoms with van der Waals surface area (Å²) in [6.45, 7) is 1.83. The van der Waals surface area contributed by atoms with Gasteiger partial charge in [0, 0.05) is 11.6 Å². The molecule has 2 aromatic rings. The SMILES string of the molecule is COc1ccc(/C(C)=N\Nc2cccc(C(=O)O)c2)c(OC)c1. The molecule has 120 valence electrons. The van der Waals surface area contributed by atoms with Gasteiger partial charge < -0.3 is 14.6 Å². The van der Waals surface area contributed by atoms with Crippen molar-refractivity contribution in [2.75, 3.05) is 19.6 Å². The Morgan fingerprint density at radius 1 is 1.13 bits per heavy atom. The van der Waals surface area contributed by atoms with Crippen molar-refractivity contribution in [1.29, 1.82) is 0 Å². The number of ether oxygens (including phenoxy) is 2. The molecule has 2 rings (SSSR count). The van der Waals surface area contributed by atoms with Crippen LogP contribution in [0.5, 0.6) is 11.5 Å². The molecule has 0 fully saturated rings. The van der Waals surface area contributed by atoms with E-state index in [1.54, 1.807) is 32.4 Å². The Morgan fingerprint density at radius 3 is 2.57 bits per heavy atom. The highest BCUT2D eigenvalue weighted by atomic mass is 16.5. The first-order valence-corrected chi connectivity index (χ1v) is 6.91. The fourth-order valence-electron chi connectivity index (χ4n) is 2.03. The van der Waals surface area contributed by atoms with Gasteiger partial charge in [-0.05, 0) is 37.3 Å². The molecule has 0 saturated carbocycles. The van der Waals surface area contributed by atoms with Gasteiger partial charge in [-0.15, -0.1) is 0 Å². The molecule has 0 amide bonds. The molecule has 0 unspecified atom stereocenters. The lowest BCUT2D eigenvalue weighted by atomic mass is 10.1. The van der Waals surface area contributed by atoms with Crippen molar-refractivity contribution in [1.82, 2.24) is 0 Å². The minimum atomic E-state index is -0.980. The zero-order valence-corrected chi connectivity index (χ0v) is 13.2. The van der Waals surface area contributed by atoms with Gasteiger partial charge in [-0.1, -0.05) is 6.07 Å². The maximum absolute atomic E-state index is 11.0. The highest BCUT2D eigenvalue weighted by Gasteiger charge is 2.08. The Balaban J connectivity index is 2.23. The van der Waals surface area contributed by atoms with Crippen molar-refractivity contribution in [2.24, 2.45) is 5.10 Å². The van der Waals surface area contributed by atoms with Crippen LogP contribution in [0.4, 0.5) is 5.69 Å². The molecule has 0 aliphatic rings. The summed E-state index contributed by atoms with van der Waals surface area (Å²) in [5, 5.41) is 13.3. The number of carboxylic acids is 1. The lowest BCUT2D eigenvalue weighted by Crippen LogP contribution is -2.03. The van der Waals surface area contributed by atoms with E-state index in [2.05, 4.69) is 10.5 Å². The van der Waals surface area contributed by atoms with Gasteiger partial charge in [-0.2, -0.15) is 5.10 Å². The third-order valence-electron chi connectivity index (χ3n) is 3.26. The Labute approximate surface area is 134 Å². The zero-order chi connectivity index (χ0) is 16.8. The monoisotopic (exact) mass is 314 g/mol. The zero-order valence-electron chi connectivity index (χ0n) is 13.2. The summed E-state index contributed by atoms with van der Waals surface area (Å²) in [5.41, 5.74) is 5.16. The summed E-state index contributed by atoms with van der Waals surface area (Å²) in [6, 6.07) is 11.9. The summed E-state index contributed by atoms with van der Waals surface area (Å²) < 4.78 is 10.5. The molecular weight excluding hydrogens is 296 g/mol. The normalized spacial score (nSPS) is 11.0. The molecule has 0 spiro atoms. The summed E-state index contributed by atoms with van der Waals surface area (Å²) in [4.78, 5) is 11.0. The van der Waals surface area contributed by atoms with E-state index in [1.807, 2.05) is 19.1 Å². The molecule has 0 heterocycles. The van der Waals surface area contributed by atoms with Crippen LogP contribution in [0.25, 0.3) is 0 Å². The molecule has 2 N–H and O–H groups in total. The summed E-state index contributed by atoms with van der Waals surface area (Å²) in [6.07, 6.45) is 0. The number of carbonyl (C=O) groups is 1. The Bertz CT molecular complexity index is 741. The van der Waals surface area contributed by atoms with Gasteiger partial charge in [0.15, 0.2) is 0 Å². The van der Waals surface area contributed by atoms with Crippen LogP contribution in [0.3, 0.4) is 0 Å². The third-order valence-corrected chi connectivity index (χ3v) is 3.26. The number of rotatable bonds is 6. The number of nitrogens with one attached hydrogen (secondary N) is 1. The van der Waals surface area contributed by atoms with Crippen LogP contribution in [-0.2, 0) is 0 Å². The van der Waals surface area contributed by atoms with E-state index in [9.17, 15) is 4.79 Å². The van der Waals surface area contributed by atoms with E-state index >= 15 is 0 Å². The summed E-state index contributed by atoms with van der Waals surface area (Å²) in [7, 11) is 3.17. The summed E-state index contributed by atoms with van der Waals surface area (Å²) >= 11 is 0. The molecule has 0 aromatic heterocycles. The van der Waals surface area contributed by atoms with Crippen molar-refractivity contribution in [3.05, 3.63) is 53.6 Å². The van der Waals surface area contributed by atoms with Crippen LogP contribution in [-0.4, -0.2) is 31.0 Å². The van der Waals surface area contributed by atoms with E-state index < -0.39 is 5.97 Å². The molecule has 0 atom stereocenters. The van der Waals surface area contributed by atoms with Crippen LogP contribution < -0.4 is 14.9 Å². The molecular formula is C17H18N2O4. The van der Waals surface area contributed by atoms with Gasteiger partial charge >= 0.3 is 5.97 Å². The third kappa shape index (κ3) is 4.00. The smallest absolute Gasteiger partial charge is 0.335 e. The first-order valence-electron chi connectivity index (χ1n) is 6.91. The second-order valence-electron chi connectivity index (χ2n) is 4.76. The predicted octanol–water partition coefficient (Wildman–Crippen LogP) is 3.24. The van der Waals surface area contributed by atoms with Gasteiger partial charge in [-0.3, -0.25) is 5.43 Å². The molecule has 6 nitrogen and oxygen atoms in total. The molecule has 0 radical (unpaired) electrons. The molecule has 0 bridgehead atoms. The van der Waals surface area contributed by atoms with Crippen LogP contribution in [0.2, 0.25) is 0 Å². The highest BCUT2D eigenvalue weighted by Crippen LogP contribution is 2.25. The van der Waals surface area contributed by atoms with Gasteiger partial charge in [0.1, 0.15) is 11.5 Å². The molecule has 2 aromatic carbocycles. The first-order chi connectivity index (χ1) is 11.0. The number of aromatic carboxylic acids is 1. The Morgan fingerprint density at radius 2 is 1.91 bits per heavy atom. The quantitative estimate of drug-likeness (QED) is 0.632. The number of anilines is 1. The minimum absolute atomic E-state index is 0.199. The van der Waals surface area contributed by atoms with Gasteiger partial charge in [0.25, 0.3) is 0 Å². The van der Waals surface area contributed by atoms with Crippen LogP contribution >= 0.6 is 0 Å². The lowest BCUT2D eigenvalue weighted by molar-refractivity contribution is 0.0697. The first kappa shape index (κ1) is 16.4. The van der Waals surface area contributed by atoms with E-state index in [1.165, 1.54) is 12.1 Å². The molecule has 0 aliphatic carbocycles. The van der Waals surface area contributed by atoms with Crippen molar-refractivity contribution in [3.8, 4) is 11.5 Å². The van der Waals surface area contributed by atoms with Gasteiger partial charge in [0.05, 0.1) is 31.2 Å². The predicted molar refractivity (Wildman–Crippen MR) is 88.8 cm³/mol. The number of nitrogens with zero attached hydrogens (tertiary/aromatic N) is 1. The summed E-state index contributed by atoms with van der Waals surface area (Å²) in [5.74, 6) is 0.360. The second kappa shape index (κ2) is 7.31. The number of benzene rings is 2. The number of hydrogen-bond acceptors (Lipinski definition) is 5. The van der Waals surface area contributed by atoms with Crippen LogP contribution in [0, 0.1) is 0 Å². The Hall–Kier alpha value is -3.02. The van der Waals surface area contributed by atoms with E-state index in [-0.39, 0.29) is 5.56 Å². The van der Waals surface area contributed by atoms with Crippen LogP contribution in [0.15, 0.2) is 47.6 Å². The maximum atomic E-state index is 11.0. The average Bonchev–Trinajstić information content (AvgIpc) is 2.59. The molecule has 23 heavy (non-hydrogen) atoms. The van der Waals surface area contributed by atoms with Crippen molar-refractivity contribution in [3.63, 3.8) is 0 Å². The Kier molecular flexibility index (Phi) is 5.19. The van der Waals surface area contributed by atoms with Crippen molar-refractivity contribution >= 4 is 17.4 Å². The van der Waals surface area contributed by atoms with Crippen molar-refractivity contribution < 1.29 is 19.4 Å². The molecule has 0 saturated heterocycles. The van der Waals surface area contributed by atoms with E-state index in [4.69, 9.17) is 14.6 Å². The fraction of sp³-hybridized carbons (Fsp3) is 0.176. The second-order valence-corrected chi connectivity index (χ2v) is 4.76. The van der Waals surface area contributed by atoms with Crippen molar-refractivity contribution in [2.45, 2.75) is 6.92 Å². The van der Waals surface area contributed by atoms with E-state index in [0.29, 0.717) is 22.9 Å². The maximum Gasteiger partial charge on any atom is 0.335 e. The van der Waals surface area contributed by atoms with Gasteiger partial charge in [0.2, 0.25) is 0 Å². The lowest BCUT2D eigenvalue weighted by Gasteiger charge is -2.10.